The van der Waals surface area contributed by atoms with Crippen molar-refractivity contribution in [1.82, 2.24) is 20.9 Å². The van der Waals surface area contributed by atoms with Crippen LogP contribution in [0.1, 0.15) is 39.2 Å². The van der Waals surface area contributed by atoms with Gasteiger partial charge in [-0.1, -0.05) is 0 Å². The number of hydrogen-bond donors (Lipinski definition) is 3. The highest BCUT2D eigenvalue weighted by atomic mass is 127. The molecule has 1 fully saturated rings. The van der Waals surface area contributed by atoms with E-state index < -0.39 is 0 Å². The van der Waals surface area contributed by atoms with E-state index in [9.17, 15) is 4.79 Å². The molecule has 1 atom stereocenters. The molecule has 1 aromatic carbocycles. The average molecular weight is 547 g/mol. The molecule has 0 saturated carbocycles. The number of benzene rings is 1. The molecule has 1 aliphatic rings. The van der Waals surface area contributed by atoms with Gasteiger partial charge in [-0.2, -0.15) is 0 Å². The second-order valence-corrected chi connectivity index (χ2v) is 7.82. The topological polar surface area (TPSA) is 87.2 Å². The maximum absolute atomic E-state index is 11.8. The number of ether oxygens (including phenoxy) is 2. The third kappa shape index (κ3) is 9.94. The number of guanidine groups is 1. The first-order valence-electron chi connectivity index (χ1n) is 10.7. The minimum atomic E-state index is 0. The number of aliphatic imine (C=N–C) groups is 1. The van der Waals surface area contributed by atoms with Crippen LogP contribution in [0.3, 0.4) is 0 Å². The number of halogens is 1. The molecule has 1 saturated heterocycles. The molecule has 0 aromatic heterocycles. The van der Waals surface area contributed by atoms with E-state index in [4.69, 9.17) is 9.47 Å². The highest BCUT2D eigenvalue weighted by molar-refractivity contribution is 14.0. The van der Waals surface area contributed by atoms with Crippen molar-refractivity contribution in [2.45, 2.75) is 52.2 Å². The van der Waals surface area contributed by atoms with Crippen LogP contribution in [0.5, 0.6) is 11.5 Å². The second kappa shape index (κ2) is 14.3. The van der Waals surface area contributed by atoms with Gasteiger partial charge in [0.05, 0.1) is 20.8 Å². The van der Waals surface area contributed by atoms with Crippen LogP contribution in [0.25, 0.3) is 0 Å². The Morgan fingerprint density at radius 1 is 1.23 bits per heavy atom. The summed E-state index contributed by atoms with van der Waals surface area (Å²) in [7, 11) is 3.34. The Labute approximate surface area is 203 Å². The number of likely N-dealkylation sites (tertiary alicyclic amines) is 1. The standard InChI is InChI=1S/C22H37N5O3.HI/c1-6-23-22(24-9-7-21(28)25-16(2)3)26-18-8-10-27(15-18)14-17-11-19(29-4)13-20(12-17)30-5;/h11-13,16,18H,6-10,14-15H2,1-5H3,(H,25,28)(H2,23,24,26);1H. The van der Waals surface area contributed by atoms with Crippen molar-refractivity contribution in [2.75, 3.05) is 40.4 Å². The first-order chi connectivity index (χ1) is 14.4. The number of nitrogens with zero attached hydrogens (tertiary/aromatic N) is 2. The first-order valence-corrected chi connectivity index (χ1v) is 10.7. The largest absolute Gasteiger partial charge is 0.497 e. The number of methoxy groups -OCH3 is 2. The van der Waals surface area contributed by atoms with Crippen molar-refractivity contribution in [3.8, 4) is 11.5 Å². The molecule has 176 valence electrons. The summed E-state index contributed by atoms with van der Waals surface area (Å²) < 4.78 is 10.7. The fraction of sp³-hybridized carbons (Fsp3) is 0.636. The Morgan fingerprint density at radius 3 is 2.48 bits per heavy atom. The van der Waals surface area contributed by atoms with Crippen molar-refractivity contribution in [1.29, 1.82) is 0 Å². The Morgan fingerprint density at radius 2 is 1.90 bits per heavy atom. The zero-order valence-electron chi connectivity index (χ0n) is 19.4. The number of nitrogens with one attached hydrogen (secondary N) is 3. The van der Waals surface area contributed by atoms with Crippen molar-refractivity contribution < 1.29 is 14.3 Å². The Hall–Kier alpha value is -1.75. The van der Waals surface area contributed by atoms with E-state index in [1.165, 1.54) is 5.56 Å². The van der Waals surface area contributed by atoms with Gasteiger partial charge in [0.25, 0.3) is 0 Å². The number of rotatable bonds is 10. The number of amides is 1. The van der Waals surface area contributed by atoms with E-state index in [0.717, 1.165) is 50.1 Å². The monoisotopic (exact) mass is 547 g/mol. The summed E-state index contributed by atoms with van der Waals surface area (Å²) in [6.07, 6.45) is 1.43. The molecule has 1 aliphatic heterocycles. The molecule has 1 amide bonds. The molecule has 9 heteroatoms. The normalized spacial score (nSPS) is 16.6. The van der Waals surface area contributed by atoms with Crippen LogP contribution >= 0.6 is 24.0 Å². The minimum absolute atomic E-state index is 0. The molecule has 1 heterocycles. The first kappa shape index (κ1) is 27.3. The Kier molecular flexibility index (Phi) is 12.6. The molecule has 0 aliphatic carbocycles. The summed E-state index contributed by atoms with van der Waals surface area (Å²) in [4.78, 5) is 18.8. The van der Waals surface area contributed by atoms with Gasteiger partial charge < -0.3 is 25.4 Å². The van der Waals surface area contributed by atoms with Gasteiger partial charge in [-0.15, -0.1) is 24.0 Å². The Balaban J connectivity index is 0.00000480. The summed E-state index contributed by atoms with van der Waals surface area (Å²) >= 11 is 0. The molecular formula is C22H38IN5O3. The van der Waals surface area contributed by atoms with Crippen LogP contribution in [-0.2, 0) is 11.3 Å². The quantitative estimate of drug-likeness (QED) is 0.237. The Bertz CT molecular complexity index is 692. The summed E-state index contributed by atoms with van der Waals surface area (Å²) in [6.45, 7) is 9.98. The van der Waals surface area contributed by atoms with E-state index in [-0.39, 0.29) is 35.9 Å². The van der Waals surface area contributed by atoms with Gasteiger partial charge in [0.2, 0.25) is 5.91 Å². The fourth-order valence-corrected chi connectivity index (χ4v) is 3.49. The summed E-state index contributed by atoms with van der Waals surface area (Å²) in [5.41, 5.74) is 1.17. The zero-order valence-corrected chi connectivity index (χ0v) is 21.7. The maximum atomic E-state index is 11.8. The van der Waals surface area contributed by atoms with Gasteiger partial charge in [0.1, 0.15) is 11.5 Å². The molecule has 1 aromatic rings. The van der Waals surface area contributed by atoms with Crippen molar-refractivity contribution >= 4 is 35.8 Å². The maximum Gasteiger partial charge on any atom is 0.222 e. The molecule has 0 spiro atoms. The van der Waals surface area contributed by atoms with Crippen LogP contribution in [-0.4, -0.2) is 69.2 Å². The van der Waals surface area contributed by atoms with Gasteiger partial charge in [0.15, 0.2) is 5.96 Å². The lowest BCUT2D eigenvalue weighted by atomic mass is 10.2. The highest BCUT2D eigenvalue weighted by Crippen LogP contribution is 2.24. The van der Waals surface area contributed by atoms with Crippen LogP contribution in [0.4, 0.5) is 0 Å². The third-order valence-corrected chi connectivity index (χ3v) is 4.83. The number of carbonyl (C=O) groups excluding carboxylic acids is 1. The summed E-state index contributed by atoms with van der Waals surface area (Å²) in [5.74, 6) is 2.41. The molecule has 0 bridgehead atoms. The molecule has 8 nitrogen and oxygen atoms in total. The SMILES string of the molecule is CCNC(=NCCC(=O)NC(C)C)NC1CCN(Cc2cc(OC)cc(OC)c2)C1.I. The molecule has 1 unspecified atom stereocenters. The lowest BCUT2D eigenvalue weighted by Gasteiger charge is -2.19. The second-order valence-electron chi connectivity index (χ2n) is 7.82. The predicted molar refractivity (Wildman–Crippen MR) is 136 cm³/mol. The van der Waals surface area contributed by atoms with Gasteiger partial charge in [-0.05, 0) is 44.9 Å². The predicted octanol–water partition coefficient (Wildman–Crippen LogP) is 2.37. The van der Waals surface area contributed by atoms with Crippen molar-refractivity contribution in [2.24, 2.45) is 4.99 Å². The minimum Gasteiger partial charge on any atom is -0.497 e. The van der Waals surface area contributed by atoms with Crippen LogP contribution in [0, 0.1) is 0 Å². The molecule has 3 N–H and O–H groups in total. The molecular weight excluding hydrogens is 509 g/mol. The van der Waals surface area contributed by atoms with E-state index in [0.29, 0.717) is 19.0 Å². The molecule has 31 heavy (non-hydrogen) atoms. The van der Waals surface area contributed by atoms with E-state index >= 15 is 0 Å². The van der Waals surface area contributed by atoms with E-state index in [1.807, 2.05) is 26.8 Å². The van der Waals surface area contributed by atoms with Crippen LogP contribution in [0.2, 0.25) is 0 Å². The lowest BCUT2D eigenvalue weighted by Crippen LogP contribution is -2.44. The van der Waals surface area contributed by atoms with E-state index in [2.05, 4.69) is 38.0 Å². The smallest absolute Gasteiger partial charge is 0.222 e. The van der Waals surface area contributed by atoms with Gasteiger partial charge in [-0.25, -0.2) is 0 Å². The third-order valence-electron chi connectivity index (χ3n) is 4.83. The average Bonchev–Trinajstić information content (AvgIpc) is 3.13. The number of carbonyl (C=O) groups is 1. The fourth-order valence-electron chi connectivity index (χ4n) is 3.49. The highest BCUT2D eigenvalue weighted by Gasteiger charge is 2.23. The summed E-state index contributed by atoms with van der Waals surface area (Å²) in [6, 6.07) is 6.47. The van der Waals surface area contributed by atoms with Crippen LogP contribution in [0.15, 0.2) is 23.2 Å². The van der Waals surface area contributed by atoms with Crippen LogP contribution < -0.4 is 25.4 Å². The number of hydrogen-bond acceptors (Lipinski definition) is 5. The van der Waals surface area contributed by atoms with Gasteiger partial charge in [-0.3, -0.25) is 14.7 Å². The molecule has 2 rings (SSSR count). The van der Waals surface area contributed by atoms with E-state index in [1.54, 1.807) is 14.2 Å². The lowest BCUT2D eigenvalue weighted by molar-refractivity contribution is -0.121. The van der Waals surface area contributed by atoms with Crippen molar-refractivity contribution in [3.63, 3.8) is 0 Å². The van der Waals surface area contributed by atoms with Gasteiger partial charge in [0, 0.05) is 50.7 Å². The zero-order chi connectivity index (χ0) is 21.9. The molecule has 0 radical (unpaired) electrons. The van der Waals surface area contributed by atoms with Crippen molar-refractivity contribution in [3.05, 3.63) is 23.8 Å². The van der Waals surface area contributed by atoms with Gasteiger partial charge >= 0.3 is 0 Å². The summed E-state index contributed by atoms with van der Waals surface area (Å²) in [5, 5.41) is 9.68.